The summed E-state index contributed by atoms with van der Waals surface area (Å²) < 4.78 is 18.1. The Balaban J connectivity index is 0.00000264. The van der Waals surface area contributed by atoms with Gasteiger partial charge in [0.15, 0.2) is 11.5 Å². The summed E-state index contributed by atoms with van der Waals surface area (Å²) in [5.41, 5.74) is 1.09. The largest absolute Gasteiger partial charge is 0.493 e. The standard InChI is InChI=1S/C16H23N3O3.ClH/c1-20-14-9-13(10-15(21-2)16(14)22-3)11-17-5-4-7-19-8-6-18-12-19;/h6,8-10,12,17H,4-5,7,11H2,1-3H3;1H. The highest BCUT2D eigenvalue weighted by molar-refractivity contribution is 5.85. The molecular formula is C16H24ClN3O3. The SMILES string of the molecule is COc1cc(CNCCCn2ccnc2)cc(OC)c1OC.Cl. The Labute approximate surface area is 143 Å². The number of halogens is 1. The average molecular weight is 342 g/mol. The van der Waals surface area contributed by atoms with E-state index < -0.39 is 0 Å². The summed E-state index contributed by atoms with van der Waals surface area (Å²) in [6.45, 7) is 2.64. The number of imidazole rings is 1. The summed E-state index contributed by atoms with van der Waals surface area (Å²) in [5.74, 6) is 1.97. The number of hydrogen-bond donors (Lipinski definition) is 1. The number of methoxy groups -OCH3 is 3. The van der Waals surface area contributed by atoms with Crippen LogP contribution in [-0.2, 0) is 13.1 Å². The highest BCUT2D eigenvalue weighted by Gasteiger charge is 2.12. The first-order valence-corrected chi connectivity index (χ1v) is 7.23. The minimum absolute atomic E-state index is 0. The second-order valence-corrected chi connectivity index (χ2v) is 4.86. The van der Waals surface area contributed by atoms with Crippen molar-refractivity contribution < 1.29 is 14.2 Å². The lowest BCUT2D eigenvalue weighted by Crippen LogP contribution is -2.16. The molecule has 0 aliphatic rings. The molecule has 6 nitrogen and oxygen atoms in total. The van der Waals surface area contributed by atoms with Crippen molar-refractivity contribution in [2.75, 3.05) is 27.9 Å². The van der Waals surface area contributed by atoms with Crippen molar-refractivity contribution in [1.29, 1.82) is 0 Å². The van der Waals surface area contributed by atoms with Gasteiger partial charge in [0.05, 0.1) is 27.7 Å². The zero-order valence-electron chi connectivity index (χ0n) is 13.7. The van der Waals surface area contributed by atoms with E-state index in [4.69, 9.17) is 14.2 Å². The number of nitrogens with one attached hydrogen (secondary N) is 1. The van der Waals surface area contributed by atoms with Crippen molar-refractivity contribution in [2.24, 2.45) is 0 Å². The molecule has 0 atom stereocenters. The molecule has 2 aromatic rings. The van der Waals surface area contributed by atoms with E-state index in [1.54, 1.807) is 27.5 Å². The maximum absolute atomic E-state index is 5.35. The topological polar surface area (TPSA) is 57.5 Å². The van der Waals surface area contributed by atoms with E-state index in [0.29, 0.717) is 17.2 Å². The zero-order valence-corrected chi connectivity index (χ0v) is 14.6. The van der Waals surface area contributed by atoms with E-state index in [1.165, 1.54) is 0 Å². The van der Waals surface area contributed by atoms with Crippen molar-refractivity contribution in [1.82, 2.24) is 14.9 Å². The lowest BCUT2D eigenvalue weighted by molar-refractivity contribution is 0.323. The van der Waals surface area contributed by atoms with Crippen LogP contribution in [-0.4, -0.2) is 37.4 Å². The van der Waals surface area contributed by atoms with Crippen LogP contribution >= 0.6 is 12.4 Å². The van der Waals surface area contributed by atoms with Gasteiger partial charge in [-0.1, -0.05) is 0 Å². The number of nitrogens with zero attached hydrogens (tertiary/aromatic N) is 2. The van der Waals surface area contributed by atoms with Crippen LogP contribution in [0.5, 0.6) is 17.2 Å². The van der Waals surface area contributed by atoms with Gasteiger partial charge in [-0.3, -0.25) is 0 Å². The van der Waals surface area contributed by atoms with Crippen molar-refractivity contribution >= 4 is 12.4 Å². The maximum Gasteiger partial charge on any atom is 0.203 e. The fourth-order valence-corrected chi connectivity index (χ4v) is 2.28. The van der Waals surface area contributed by atoms with Crippen molar-refractivity contribution in [3.63, 3.8) is 0 Å². The van der Waals surface area contributed by atoms with Crippen molar-refractivity contribution in [3.8, 4) is 17.2 Å². The van der Waals surface area contributed by atoms with Crippen LogP contribution in [0.2, 0.25) is 0 Å². The summed E-state index contributed by atoms with van der Waals surface area (Å²) in [5, 5.41) is 3.42. The summed E-state index contributed by atoms with van der Waals surface area (Å²) in [6.07, 6.45) is 6.64. The van der Waals surface area contributed by atoms with Crippen LogP contribution in [0.3, 0.4) is 0 Å². The zero-order chi connectivity index (χ0) is 15.8. The van der Waals surface area contributed by atoms with Gasteiger partial charge in [0.1, 0.15) is 0 Å². The number of rotatable bonds is 9. The highest BCUT2D eigenvalue weighted by atomic mass is 35.5. The molecule has 1 heterocycles. The van der Waals surface area contributed by atoms with Crippen LogP contribution < -0.4 is 19.5 Å². The molecular weight excluding hydrogens is 318 g/mol. The number of ether oxygens (including phenoxy) is 3. The van der Waals surface area contributed by atoms with E-state index in [0.717, 1.165) is 31.6 Å². The Morgan fingerprint density at radius 1 is 1.09 bits per heavy atom. The van der Waals surface area contributed by atoms with Gasteiger partial charge in [-0.2, -0.15) is 0 Å². The number of aryl methyl sites for hydroxylation is 1. The van der Waals surface area contributed by atoms with E-state index >= 15 is 0 Å². The Bertz CT molecular complexity index is 551. The van der Waals surface area contributed by atoms with Crippen LogP contribution in [0.1, 0.15) is 12.0 Å². The first-order chi connectivity index (χ1) is 10.8. The fraction of sp³-hybridized carbons (Fsp3) is 0.438. The second kappa shape index (κ2) is 9.97. The number of aromatic nitrogens is 2. The first kappa shape index (κ1) is 19.1. The predicted octanol–water partition coefficient (Wildman–Crippen LogP) is 2.51. The molecule has 7 heteroatoms. The second-order valence-electron chi connectivity index (χ2n) is 4.86. The van der Waals surface area contributed by atoms with Gasteiger partial charge in [0.2, 0.25) is 5.75 Å². The molecule has 0 aliphatic heterocycles. The smallest absolute Gasteiger partial charge is 0.203 e. The maximum atomic E-state index is 5.35. The molecule has 23 heavy (non-hydrogen) atoms. The summed E-state index contributed by atoms with van der Waals surface area (Å²) >= 11 is 0. The molecule has 1 aromatic carbocycles. The van der Waals surface area contributed by atoms with E-state index in [2.05, 4.69) is 14.9 Å². The van der Waals surface area contributed by atoms with Crippen LogP contribution in [0.4, 0.5) is 0 Å². The summed E-state index contributed by atoms with van der Waals surface area (Å²) in [4.78, 5) is 4.03. The molecule has 0 radical (unpaired) electrons. The van der Waals surface area contributed by atoms with Crippen molar-refractivity contribution in [2.45, 2.75) is 19.5 Å². The van der Waals surface area contributed by atoms with E-state index in [9.17, 15) is 0 Å². The van der Waals surface area contributed by atoms with Gasteiger partial charge in [0.25, 0.3) is 0 Å². The van der Waals surface area contributed by atoms with Gasteiger partial charge in [-0.25, -0.2) is 4.98 Å². The van der Waals surface area contributed by atoms with Crippen LogP contribution in [0, 0.1) is 0 Å². The van der Waals surface area contributed by atoms with Gasteiger partial charge in [0, 0.05) is 25.5 Å². The Kier molecular flexibility index (Phi) is 8.29. The minimum Gasteiger partial charge on any atom is -0.493 e. The third-order valence-corrected chi connectivity index (χ3v) is 3.38. The van der Waals surface area contributed by atoms with Crippen LogP contribution in [0.15, 0.2) is 30.9 Å². The number of hydrogen-bond acceptors (Lipinski definition) is 5. The molecule has 2 rings (SSSR count). The predicted molar refractivity (Wildman–Crippen MR) is 91.9 cm³/mol. The lowest BCUT2D eigenvalue weighted by atomic mass is 10.1. The van der Waals surface area contributed by atoms with Gasteiger partial charge in [-0.05, 0) is 30.7 Å². The first-order valence-electron chi connectivity index (χ1n) is 7.23. The summed E-state index contributed by atoms with van der Waals surface area (Å²) in [6, 6.07) is 3.93. The Morgan fingerprint density at radius 2 is 1.78 bits per heavy atom. The number of benzene rings is 1. The average Bonchev–Trinajstić information content (AvgIpc) is 3.06. The van der Waals surface area contributed by atoms with Gasteiger partial charge < -0.3 is 24.1 Å². The fourth-order valence-electron chi connectivity index (χ4n) is 2.28. The summed E-state index contributed by atoms with van der Waals surface area (Å²) in [7, 11) is 4.85. The molecule has 0 amide bonds. The van der Waals surface area contributed by atoms with Crippen molar-refractivity contribution in [3.05, 3.63) is 36.4 Å². The monoisotopic (exact) mass is 341 g/mol. The molecule has 0 bridgehead atoms. The molecule has 128 valence electrons. The molecule has 0 unspecified atom stereocenters. The Morgan fingerprint density at radius 3 is 2.30 bits per heavy atom. The minimum atomic E-state index is 0. The van der Waals surface area contributed by atoms with Gasteiger partial charge >= 0.3 is 0 Å². The third kappa shape index (κ3) is 5.33. The molecule has 1 aromatic heterocycles. The molecule has 0 aliphatic carbocycles. The normalized spacial score (nSPS) is 10.0. The molecule has 0 fully saturated rings. The quantitative estimate of drug-likeness (QED) is 0.710. The third-order valence-electron chi connectivity index (χ3n) is 3.38. The van der Waals surface area contributed by atoms with Crippen LogP contribution in [0.25, 0.3) is 0 Å². The molecule has 0 saturated carbocycles. The van der Waals surface area contributed by atoms with E-state index in [-0.39, 0.29) is 12.4 Å². The van der Waals surface area contributed by atoms with E-state index in [1.807, 2.05) is 24.7 Å². The molecule has 0 saturated heterocycles. The lowest BCUT2D eigenvalue weighted by Gasteiger charge is -2.14. The Hall–Kier alpha value is -1.92. The molecule has 0 spiro atoms. The van der Waals surface area contributed by atoms with Gasteiger partial charge in [-0.15, -0.1) is 12.4 Å². The highest BCUT2D eigenvalue weighted by Crippen LogP contribution is 2.38. The molecule has 1 N–H and O–H groups in total.